The molecule has 0 amide bonds. The molecule has 0 aromatic rings. The third-order valence-electron chi connectivity index (χ3n) is 10.6. The number of likely N-dealkylation sites (tertiary alicyclic amines) is 1. The zero-order valence-electron chi connectivity index (χ0n) is 23.4. The summed E-state index contributed by atoms with van der Waals surface area (Å²) in [6.07, 6.45) is 28.1. The standard InChI is InChI=1S/C35H42ClNO2/c1-35(2)29-10-6-7-11-30(29)37(24-8-4-3-5-9-24)31-17-13-22-18-21(12-15-25(22)32(31)35)19-28-33(38)26-16-14-23(36)20-27(26)34(28)39/h8,10-11,13-14,16-17,19,21,23,31-34,38-39H,3-7,9,12,15,18,20H2,1-2H3/b28-19-. The molecule has 0 aromatic carbocycles. The van der Waals surface area contributed by atoms with E-state index in [9.17, 15) is 10.2 Å². The largest absolute Gasteiger partial charge is 0.384 e. The highest BCUT2D eigenvalue weighted by molar-refractivity contribution is 6.22. The second kappa shape index (κ2) is 9.79. The molecular weight excluding hydrogens is 502 g/mol. The number of halogens is 1. The van der Waals surface area contributed by atoms with Crippen molar-refractivity contribution >= 4 is 11.6 Å². The number of piperidine rings is 1. The van der Waals surface area contributed by atoms with Crippen molar-refractivity contribution in [3.8, 4) is 0 Å². The zero-order chi connectivity index (χ0) is 26.9. The molecule has 0 aromatic heterocycles. The number of aliphatic hydroxyl groups excluding tert-OH is 2. The Morgan fingerprint density at radius 1 is 0.923 bits per heavy atom. The molecule has 6 unspecified atom stereocenters. The van der Waals surface area contributed by atoms with E-state index in [1.54, 1.807) is 11.1 Å². The molecule has 0 bridgehead atoms. The molecule has 1 fully saturated rings. The highest BCUT2D eigenvalue weighted by atomic mass is 35.5. The Balaban J connectivity index is 1.20. The van der Waals surface area contributed by atoms with Crippen LogP contribution in [0.3, 0.4) is 0 Å². The van der Waals surface area contributed by atoms with Crippen molar-refractivity contribution < 1.29 is 10.2 Å². The van der Waals surface area contributed by atoms with Crippen molar-refractivity contribution in [3.05, 3.63) is 93.4 Å². The SMILES string of the molecule is CC1(C)C2=CCCC=C2N(C2=CCCCC2)C2C=CC3=C(CCC(/C=C4/C(O)C5=C(CC(Cl)C=C5)C4O)C3)C21. The van der Waals surface area contributed by atoms with Gasteiger partial charge in [-0.1, -0.05) is 68.0 Å². The smallest absolute Gasteiger partial charge is 0.103 e. The molecule has 7 rings (SSSR count). The fourth-order valence-corrected chi connectivity index (χ4v) is 8.99. The summed E-state index contributed by atoms with van der Waals surface area (Å²) in [5.41, 5.74) is 10.3. The van der Waals surface area contributed by atoms with Gasteiger partial charge in [-0.2, -0.15) is 0 Å². The summed E-state index contributed by atoms with van der Waals surface area (Å²) in [5.74, 6) is 0.799. The maximum absolute atomic E-state index is 11.1. The Kier molecular flexibility index (Phi) is 6.49. The lowest BCUT2D eigenvalue weighted by Gasteiger charge is -2.57. The Labute approximate surface area is 238 Å². The fourth-order valence-electron chi connectivity index (χ4n) is 8.75. The minimum atomic E-state index is -0.713. The maximum atomic E-state index is 11.1. The molecule has 1 saturated heterocycles. The molecule has 1 heterocycles. The fraction of sp³-hybridized carbons (Fsp3) is 0.543. The van der Waals surface area contributed by atoms with Gasteiger partial charge in [-0.15, -0.1) is 11.6 Å². The lowest BCUT2D eigenvalue weighted by atomic mass is 9.57. The van der Waals surface area contributed by atoms with Gasteiger partial charge < -0.3 is 15.1 Å². The van der Waals surface area contributed by atoms with Crippen LogP contribution in [-0.2, 0) is 0 Å². The van der Waals surface area contributed by atoms with Crippen LogP contribution in [0.1, 0.15) is 78.1 Å². The van der Waals surface area contributed by atoms with Gasteiger partial charge in [0.2, 0.25) is 0 Å². The molecule has 4 heteroatoms. The topological polar surface area (TPSA) is 43.7 Å². The highest BCUT2D eigenvalue weighted by Gasteiger charge is 2.51. The van der Waals surface area contributed by atoms with Crippen LogP contribution in [0.25, 0.3) is 0 Å². The first-order valence-electron chi connectivity index (χ1n) is 15.3. The summed E-state index contributed by atoms with van der Waals surface area (Å²) in [5, 5.41) is 22.0. The van der Waals surface area contributed by atoms with Crippen molar-refractivity contribution in [3.63, 3.8) is 0 Å². The van der Waals surface area contributed by atoms with Gasteiger partial charge >= 0.3 is 0 Å². The van der Waals surface area contributed by atoms with Crippen LogP contribution in [0.5, 0.6) is 0 Å². The highest BCUT2D eigenvalue weighted by Crippen LogP contribution is 2.58. The molecule has 0 spiro atoms. The number of fused-ring (bicyclic) bond motifs is 3. The van der Waals surface area contributed by atoms with Gasteiger partial charge in [0.25, 0.3) is 0 Å². The van der Waals surface area contributed by atoms with Gasteiger partial charge in [-0.05, 0) is 98.0 Å². The lowest BCUT2D eigenvalue weighted by molar-refractivity contribution is 0.137. The molecule has 39 heavy (non-hydrogen) atoms. The Bertz CT molecular complexity index is 1320. The Morgan fingerprint density at radius 3 is 2.59 bits per heavy atom. The van der Waals surface area contributed by atoms with Crippen LogP contribution < -0.4 is 0 Å². The van der Waals surface area contributed by atoms with Crippen molar-refractivity contribution in [2.45, 2.75) is 102 Å². The Morgan fingerprint density at radius 2 is 1.77 bits per heavy atom. The number of nitrogens with zero attached hydrogens (tertiary/aromatic N) is 1. The lowest BCUT2D eigenvalue weighted by Crippen LogP contribution is -2.53. The summed E-state index contributed by atoms with van der Waals surface area (Å²) in [7, 11) is 0. The van der Waals surface area contributed by atoms with Crippen molar-refractivity contribution in [1.29, 1.82) is 0 Å². The van der Waals surface area contributed by atoms with E-state index >= 15 is 0 Å². The van der Waals surface area contributed by atoms with Gasteiger partial charge in [-0.25, -0.2) is 0 Å². The molecule has 7 aliphatic rings. The first-order chi connectivity index (χ1) is 18.8. The molecule has 0 saturated carbocycles. The summed E-state index contributed by atoms with van der Waals surface area (Å²) in [6, 6.07) is 0.379. The van der Waals surface area contributed by atoms with Gasteiger partial charge in [0.1, 0.15) is 6.10 Å². The van der Waals surface area contributed by atoms with E-state index in [0.29, 0.717) is 24.3 Å². The predicted octanol–water partition coefficient (Wildman–Crippen LogP) is 7.57. The van der Waals surface area contributed by atoms with Crippen molar-refractivity contribution in [2.24, 2.45) is 17.3 Å². The van der Waals surface area contributed by atoms with E-state index in [1.165, 1.54) is 42.7 Å². The molecule has 2 N–H and O–H groups in total. The molecular formula is C35H42ClNO2. The third kappa shape index (κ3) is 4.14. The summed E-state index contributed by atoms with van der Waals surface area (Å²) in [6.45, 7) is 4.97. The summed E-state index contributed by atoms with van der Waals surface area (Å²) in [4.78, 5) is 2.73. The normalized spacial score (nSPS) is 38.1. The number of hydrogen-bond donors (Lipinski definition) is 2. The van der Waals surface area contributed by atoms with E-state index in [4.69, 9.17) is 11.6 Å². The second-order valence-corrected chi connectivity index (χ2v) is 13.8. The van der Waals surface area contributed by atoms with E-state index in [1.807, 2.05) is 12.2 Å². The monoisotopic (exact) mass is 543 g/mol. The number of rotatable bonds is 2. The van der Waals surface area contributed by atoms with E-state index in [2.05, 4.69) is 55.2 Å². The van der Waals surface area contributed by atoms with Crippen LogP contribution in [0, 0.1) is 17.3 Å². The van der Waals surface area contributed by atoms with Crippen molar-refractivity contribution in [2.75, 3.05) is 0 Å². The van der Waals surface area contributed by atoms with Crippen LogP contribution in [-0.4, -0.2) is 38.7 Å². The first kappa shape index (κ1) is 25.9. The average molecular weight is 544 g/mol. The second-order valence-electron chi connectivity index (χ2n) is 13.2. The summed E-state index contributed by atoms with van der Waals surface area (Å²) < 4.78 is 0. The summed E-state index contributed by atoms with van der Waals surface area (Å²) >= 11 is 6.33. The van der Waals surface area contributed by atoms with Crippen LogP contribution >= 0.6 is 11.6 Å². The minimum Gasteiger partial charge on any atom is -0.384 e. The zero-order valence-corrected chi connectivity index (χ0v) is 24.1. The van der Waals surface area contributed by atoms with Crippen LogP contribution in [0.2, 0.25) is 0 Å². The quantitative estimate of drug-likeness (QED) is 0.279. The van der Waals surface area contributed by atoms with Crippen LogP contribution in [0.15, 0.2) is 93.4 Å². The maximum Gasteiger partial charge on any atom is 0.103 e. The molecule has 3 nitrogen and oxygen atoms in total. The van der Waals surface area contributed by atoms with Gasteiger partial charge in [0.15, 0.2) is 0 Å². The van der Waals surface area contributed by atoms with Gasteiger partial charge in [0.05, 0.1) is 17.5 Å². The number of alkyl halides is 1. The average Bonchev–Trinajstić information content (AvgIpc) is 3.17. The molecule has 6 aliphatic carbocycles. The van der Waals surface area contributed by atoms with Crippen LogP contribution in [0.4, 0.5) is 0 Å². The first-order valence-corrected chi connectivity index (χ1v) is 15.7. The molecule has 206 valence electrons. The molecule has 0 radical (unpaired) electrons. The van der Waals surface area contributed by atoms with Crippen molar-refractivity contribution in [1.82, 2.24) is 4.90 Å². The molecule has 6 atom stereocenters. The Hall–Kier alpha value is -2.07. The predicted molar refractivity (Wildman–Crippen MR) is 159 cm³/mol. The number of allylic oxidation sites excluding steroid dienone is 9. The van der Waals surface area contributed by atoms with E-state index < -0.39 is 12.2 Å². The third-order valence-corrected chi connectivity index (χ3v) is 10.9. The van der Waals surface area contributed by atoms with E-state index in [-0.39, 0.29) is 10.8 Å². The molecule has 1 aliphatic heterocycles. The minimum absolute atomic E-state index is 0.0878. The van der Waals surface area contributed by atoms with Gasteiger partial charge in [0, 0.05) is 22.7 Å². The van der Waals surface area contributed by atoms with Gasteiger partial charge in [-0.3, -0.25) is 0 Å². The number of hydrogen-bond acceptors (Lipinski definition) is 3. The van der Waals surface area contributed by atoms with E-state index in [0.717, 1.165) is 48.8 Å². The number of aliphatic hydroxyl groups is 2.